The van der Waals surface area contributed by atoms with Gasteiger partial charge in [0.2, 0.25) is 5.91 Å². The fraction of sp³-hybridized carbons (Fsp3) is 0.273. The number of carbonyl (C=O) groups is 4. The summed E-state index contributed by atoms with van der Waals surface area (Å²) in [6.45, 7) is -0.352. The van der Waals surface area contributed by atoms with Crippen LogP contribution in [0.5, 0.6) is 0 Å². The van der Waals surface area contributed by atoms with Gasteiger partial charge in [0.15, 0.2) is 6.04 Å². The minimum atomic E-state index is -1.38. The van der Waals surface area contributed by atoms with E-state index < -0.39 is 46.7 Å². The molecule has 0 saturated carbocycles. The third kappa shape index (κ3) is 3.08. The van der Waals surface area contributed by atoms with E-state index in [1.54, 1.807) is 12.1 Å². The van der Waals surface area contributed by atoms with Gasteiger partial charge in [0.1, 0.15) is 6.04 Å². The predicted octanol–water partition coefficient (Wildman–Crippen LogP) is 1.17. The first-order chi connectivity index (χ1) is 15.8. The smallest absolute Gasteiger partial charge is 0.328 e. The topological polar surface area (TPSA) is 147 Å². The van der Waals surface area contributed by atoms with Gasteiger partial charge in [-0.15, -0.1) is 0 Å². The summed E-state index contributed by atoms with van der Waals surface area (Å²) >= 11 is 0. The average Bonchev–Trinajstić information content (AvgIpc) is 2.98. The first-order valence-electron chi connectivity index (χ1n) is 10.2. The molecule has 1 N–H and O–H groups in total. The van der Waals surface area contributed by atoms with E-state index in [0.29, 0.717) is 11.1 Å². The molecule has 1 fully saturated rings. The molecule has 0 aliphatic carbocycles. The maximum absolute atomic E-state index is 13.7. The van der Waals surface area contributed by atoms with Crippen molar-refractivity contribution in [1.82, 2.24) is 9.80 Å². The largest absolute Gasteiger partial charge is 0.480 e. The van der Waals surface area contributed by atoms with Crippen LogP contribution in [-0.4, -0.2) is 68.8 Å². The number of rotatable bonds is 3. The summed E-state index contributed by atoms with van der Waals surface area (Å²) < 4.78 is 5.44. The lowest BCUT2D eigenvalue weighted by Crippen LogP contribution is -2.59. The number of nitro groups is 1. The molecular formula is C22H17N3O8. The molecule has 11 nitrogen and oxygen atoms in total. The van der Waals surface area contributed by atoms with Crippen molar-refractivity contribution in [2.75, 3.05) is 13.2 Å². The number of ether oxygens (including phenoxy) is 1. The van der Waals surface area contributed by atoms with Crippen LogP contribution in [0.3, 0.4) is 0 Å². The zero-order valence-corrected chi connectivity index (χ0v) is 17.0. The molecule has 3 amide bonds. The molecule has 3 aliphatic rings. The lowest BCUT2D eigenvalue weighted by atomic mass is 9.96. The van der Waals surface area contributed by atoms with Crippen LogP contribution in [0.25, 0.3) is 0 Å². The molecule has 2 aromatic carbocycles. The minimum absolute atomic E-state index is 0.0709. The zero-order valence-electron chi connectivity index (χ0n) is 17.0. The third-order valence-electron chi connectivity index (χ3n) is 6.30. The number of amides is 3. The molecule has 168 valence electrons. The Kier molecular flexibility index (Phi) is 4.71. The summed E-state index contributed by atoms with van der Waals surface area (Å²) in [5, 5.41) is 21.1. The third-order valence-corrected chi connectivity index (χ3v) is 6.30. The zero-order chi connectivity index (χ0) is 23.4. The van der Waals surface area contributed by atoms with Gasteiger partial charge < -0.3 is 14.7 Å². The van der Waals surface area contributed by atoms with Crippen molar-refractivity contribution < 1.29 is 33.9 Å². The number of fused-ring (bicyclic) bond motifs is 4. The molecule has 0 bridgehead atoms. The van der Waals surface area contributed by atoms with E-state index in [1.165, 1.54) is 30.3 Å². The number of imide groups is 1. The summed E-state index contributed by atoms with van der Waals surface area (Å²) in [6, 6.07) is 6.64. The standard InChI is InChI=1S/C22H17N3O8/c26-19-13-3-1-2-4-14(13)20(27)24(19)16-7-11-5-6-12(25(31)32)8-15(11)17-9-33-10-18(22(29)30)23(17)21(16)28/h1-6,8,16-18H,7,9-10H2,(H,29,30)/t16-,17+,18-/m0/s1. The van der Waals surface area contributed by atoms with Gasteiger partial charge in [0.25, 0.3) is 17.5 Å². The molecular weight excluding hydrogens is 434 g/mol. The van der Waals surface area contributed by atoms with E-state index in [4.69, 9.17) is 4.74 Å². The van der Waals surface area contributed by atoms with Crippen LogP contribution in [-0.2, 0) is 20.7 Å². The monoisotopic (exact) mass is 451 g/mol. The van der Waals surface area contributed by atoms with Crippen LogP contribution in [0, 0.1) is 10.1 Å². The Hall–Kier alpha value is -4.12. The molecule has 0 unspecified atom stereocenters. The number of benzene rings is 2. The molecule has 3 heterocycles. The molecule has 0 radical (unpaired) electrons. The molecule has 1 saturated heterocycles. The van der Waals surface area contributed by atoms with E-state index in [2.05, 4.69) is 0 Å². The van der Waals surface area contributed by atoms with Crippen LogP contribution in [0.2, 0.25) is 0 Å². The van der Waals surface area contributed by atoms with Crippen molar-refractivity contribution in [2.45, 2.75) is 24.5 Å². The van der Waals surface area contributed by atoms with Gasteiger partial charge in [0, 0.05) is 18.6 Å². The number of nitro benzene ring substituents is 1. The average molecular weight is 451 g/mol. The summed E-state index contributed by atoms with van der Waals surface area (Å²) in [7, 11) is 0. The SMILES string of the molecule is O=C(O)[C@@H]1COC[C@@H]2c3cc([N+](=O)[O-])ccc3C[C@H](N3C(=O)c4ccccc4C3=O)C(=O)N21. The number of aliphatic carboxylic acids is 1. The number of hydrogen-bond donors (Lipinski definition) is 1. The summed E-state index contributed by atoms with van der Waals surface area (Å²) in [4.78, 5) is 64.6. The summed E-state index contributed by atoms with van der Waals surface area (Å²) in [5.41, 5.74) is 0.964. The number of morpholine rings is 1. The van der Waals surface area contributed by atoms with Crippen molar-refractivity contribution in [3.8, 4) is 0 Å². The molecule has 0 spiro atoms. The highest BCUT2D eigenvalue weighted by molar-refractivity contribution is 6.23. The Morgan fingerprint density at radius 3 is 2.30 bits per heavy atom. The number of nitrogens with zero attached hydrogens (tertiary/aromatic N) is 3. The van der Waals surface area contributed by atoms with E-state index >= 15 is 0 Å². The lowest BCUT2D eigenvalue weighted by molar-refractivity contribution is -0.385. The normalized spacial score (nSPS) is 24.1. The Morgan fingerprint density at radius 1 is 1.03 bits per heavy atom. The lowest BCUT2D eigenvalue weighted by Gasteiger charge is -2.41. The van der Waals surface area contributed by atoms with Crippen molar-refractivity contribution >= 4 is 29.4 Å². The van der Waals surface area contributed by atoms with Crippen molar-refractivity contribution in [3.05, 3.63) is 74.8 Å². The number of carboxylic acid groups (broad SMARTS) is 1. The number of non-ortho nitro benzene ring substituents is 1. The van der Waals surface area contributed by atoms with Gasteiger partial charge in [-0.1, -0.05) is 18.2 Å². The molecule has 0 aromatic heterocycles. The second kappa shape index (κ2) is 7.48. The molecule has 5 rings (SSSR count). The van der Waals surface area contributed by atoms with Crippen LogP contribution < -0.4 is 0 Å². The number of carboxylic acids is 1. The van der Waals surface area contributed by atoms with Crippen molar-refractivity contribution in [3.63, 3.8) is 0 Å². The summed E-state index contributed by atoms with van der Waals surface area (Å²) in [6.07, 6.45) is -0.100. The van der Waals surface area contributed by atoms with E-state index in [9.17, 15) is 34.4 Å². The van der Waals surface area contributed by atoms with Crippen LogP contribution in [0.1, 0.15) is 37.9 Å². The maximum Gasteiger partial charge on any atom is 0.328 e. The maximum atomic E-state index is 13.7. The second-order valence-corrected chi connectivity index (χ2v) is 8.04. The quantitative estimate of drug-likeness (QED) is 0.415. The molecule has 2 aromatic rings. The number of hydrogen-bond acceptors (Lipinski definition) is 7. The number of carbonyl (C=O) groups excluding carboxylic acids is 3. The highest BCUT2D eigenvalue weighted by atomic mass is 16.6. The second-order valence-electron chi connectivity index (χ2n) is 8.04. The first-order valence-corrected chi connectivity index (χ1v) is 10.2. The first kappa shape index (κ1) is 20.8. The Balaban J connectivity index is 1.66. The van der Waals surface area contributed by atoms with E-state index in [0.717, 1.165) is 9.80 Å². The van der Waals surface area contributed by atoms with Crippen molar-refractivity contribution in [1.29, 1.82) is 0 Å². The highest BCUT2D eigenvalue weighted by Gasteiger charge is 2.50. The van der Waals surface area contributed by atoms with Gasteiger partial charge in [-0.05, 0) is 23.3 Å². The van der Waals surface area contributed by atoms with Gasteiger partial charge in [-0.25, -0.2) is 4.79 Å². The van der Waals surface area contributed by atoms with E-state index in [-0.39, 0.29) is 36.4 Å². The molecule has 3 atom stereocenters. The van der Waals surface area contributed by atoms with Crippen LogP contribution in [0.15, 0.2) is 42.5 Å². The van der Waals surface area contributed by atoms with Gasteiger partial charge >= 0.3 is 5.97 Å². The molecule has 3 aliphatic heterocycles. The fourth-order valence-corrected chi connectivity index (χ4v) is 4.76. The predicted molar refractivity (Wildman–Crippen MR) is 109 cm³/mol. The van der Waals surface area contributed by atoms with E-state index in [1.807, 2.05) is 0 Å². The summed E-state index contributed by atoms with van der Waals surface area (Å²) in [5.74, 6) is -3.32. The van der Waals surface area contributed by atoms with Gasteiger partial charge in [0.05, 0.1) is 35.3 Å². The van der Waals surface area contributed by atoms with Crippen LogP contribution in [0.4, 0.5) is 5.69 Å². The van der Waals surface area contributed by atoms with Gasteiger partial charge in [-0.2, -0.15) is 0 Å². The minimum Gasteiger partial charge on any atom is -0.480 e. The van der Waals surface area contributed by atoms with Gasteiger partial charge in [-0.3, -0.25) is 29.4 Å². The fourth-order valence-electron chi connectivity index (χ4n) is 4.76. The Labute approximate surface area is 186 Å². The van der Waals surface area contributed by atoms with Crippen LogP contribution >= 0.6 is 0 Å². The molecule has 11 heteroatoms. The Bertz CT molecular complexity index is 1210. The van der Waals surface area contributed by atoms with Crippen molar-refractivity contribution in [2.24, 2.45) is 0 Å². The highest BCUT2D eigenvalue weighted by Crippen LogP contribution is 2.38. The molecule has 33 heavy (non-hydrogen) atoms. The Morgan fingerprint density at radius 2 is 1.70 bits per heavy atom.